The number of nitrogens with two attached hydrogens (primary N) is 3. The molecular weight excluding hydrogens is 554 g/mol. The fourth-order valence-corrected chi connectivity index (χ4v) is 4.83. The van der Waals surface area contributed by atoms with Crippen LogP contribution >= 0.6 is 0 Å². The quantitative estimate of drug-likeness (QED) is 0.0961. The molecule has 9 nitrogen and oxygen atoms in total. The Morgan fingerprint density at radius 2 is 1.11 bits per heavy atom. The third-order valence-electron chi connectivity index (χ3n) is 7.65. The van der Waals surface area contributed by atoms with Crippen molar-refractivity contribution in [1.29, 1.82) is 0 Å². The Morgan fingerprint density at radius 3 is 1.52 bits per heavy atom. The normalized spacial score (nSPS) is 12.6. The van der Waals surface area contributed by atoms with Crippen molar-refractivity contribution in [2.75, 3.05) is 55.7 Å². The molecule has 2 unspecified atom stereocenters. The van der Waals surface area contributed by atoms with Crippen LogP contribution in [0.4, 0.5) is 11.4 Å². The van der Waals surface area contributed by atoms with Gasteiger partial charge in [0.25, 0.3) is 0 Å². The van der Waals surface area contributed by atoms with E-state index in [1.54, 1.807) is 0 Å². The van der Waals surface area contributed by atoms with Crippen LogP contribution < -0.4 is 27.0 Å². The monoisotopic (exact) mass is 609 g/mol. The predicted octanol–water partition coefficient (Wildman–Crippen LogP) is 4.96. The standard InChI is InChI=1S/C35H55N5O4/c1-4-7-8-11-32(37)34(41)43-26-24-40(25-27-44-35(42)33(38)12-9-10-23-36)31-21-17-29(18-22-31)14-13-28-15-19-30(20-16-28)39(5-2)6-3/h13-22,32-33H,4-12,23-27,36-38H2,1-3H3/b14-13+. The van der Waals surface area contributed by atoms with Gasteiger partial charge in [-0.25, -0.2) is 0 Å². The zero-order valence-corrected chi connectivity index (χ0v) is 27.1. The van der Waals surface area contributed by atoms with E-state index in [1.165, 1.54) is 5.69 Å². The lowest BCUT2D eigenvalue weighted by atomic mass is 10.1. The van der Waals surface area contributed by atoms with Gasteiger partial charge in [-0.3, -0.25) is 9.59 Å². The van der Waals surface area contributed by atoms with E-state index in [1.807, 2.05) is 29.2 Å². The lowest BCUT2D eigenvalue weighted by Crippen LogP contribution is -2.37. The van der Waals surface area contributed by atoms with Crippen LogP contribution in [0.5, 0.6) is 0 Å². The topological polar surface area (TPSA) is 137 Å². The minimum absolute atomic E-state index is 0.166. The maximum atomic E-state index is 12.4. The van der Waals surface area contributed by atoms with Crippen molar-refractivity contribution in [3.05, 3.63) is 59.7 Å². The van der Waals surface area contributed by atoms with Gasteiger partial charge in [0.05, 0.1) is 13.1 Å². The van der Waals surface area contributed by atoms with Gasteiger partial charge in [0, 0.05) is 24.5 Å². The molecule has 0 saturated heterocycles. The molecule has 44 heavy (non-hydrogen) atoms. The molecule has 0 aliphatic rings. The first-order chi connectivity index (χ1) is 21.3. The summed E-state index contributed by atoms with van der Waals surface area (Å²) in [5.74, 6) is -0.807. The van der Waals surface area contributed by atoms with Crippen molar-refractivity contribution in [2.24, 2.45) is 17.2 Å². The molecule has 244 valence electrons. The SMILES string of the molecule is CCCCCC(N)C(=O)OCCN(CCOC(=O)C(N)CCCCN)c1ccc(/C=C/c2ccc(N(CC)CC)cc2)cc1. The Balaban J connectivity index is 2.02. The van der Waals surface area contributed by atoms with E-state index in [2.05, 4.69) is 62.1 Å². The van der Waals surface area contributed by atoms with Gasteiger partial charge in [-0.1, -0.05) is 69.0 Å². The first-order valence-corrected chi connectivity index (χ1v) is 16.2. The minimum Gasteiger partial charge on any atom is -0.463 e. The van der Waals surface area contributed by atoms with Gasteiger partial charge >= 0.3 is 11.9 Å². The summed E-state index contributed by atoms with van der Waals surface area (Å²) < 4.78 is 11.0. The number of hydrogen-bond donors (Lipinski definition) is 3. The van der Waals surface area contributed by atoms with E-state index in [9.17, 15) is 9.59 Å². The average molecular weight is 610 g/mol. The number of anilines is 2. The fourth-order valence-electron chi connectivity index (χ4n) is 4.83. The number of carbonyl (C=O) groups is 2. The molecule has 2 rings (SSSR count). The van der Waals surface area contributed by atoms with Crippen LogP contribution in [-0.4, -0.2) is 70.0 Å². The molecule has 6 N–H and O–H groups in total. The summed E-state index contributed by atoms with van der Waals surface area (Å²) in [6, 6.07) is 15.4. The lowest BCUT2D eigenvalue weighted by Gasteiger charge is -2.25. The molecule has 2 atom stereocenters. The molecule has 9 heteroatoms. The number of ether oxygens (including phenoxy) is 2. The van der Waals surface area contributed by atoms with Crippen molar-refractivity contribution < 1.29 is 19.1 Å². The third-order valence-corrected chi connectivity index (χ3v) is 7.65. The smallest absolute Gasteiger partial charge is 0.322 e. The van der Waals surface area contributed by atoms with Gasteiger partial charge < -0.3 is 36.5 Å². The predicted molar refractivity (Wildman–Crippen MR) is 183 cm³/mol. The Hall–Kier alpha value is -3.40. The molecule has 0 bridgehead atoms. The van der Waals surface area contributed by atoms with Crippen molar-refractivity contribution in [2.45, 2.75) is 77.8 Å². The first kappa shape index (κ1) is 36.8. The Bertz CT molecular complexity index is 1070. The van der Waals surface area contributed by atoms with E-state index in [0.29, 0.717) is 32.5 Å². The van der Waals surface area contributed by atoms with Crippen LogP contribution in [0.2, 0.25) is 0 Å². The Labute approximate surface area is 264 Å². The van der Waals surface area contributed by atoms with E-state index >= 15 is 0 Å². The summed E-state index contributed by atoms with van der Waals surface area (Å²) in [6.45, 7) is 10.2. The molecule has 0 aliphatic heterocycles. The van der Waals surface area contributed by atoms with E-state index in [-0.39, 0.29) is 19.2 Å². The van der Waals surface area contributed by atoms with Crippen molar-refractivity contribution in [3.8, 4) is 0 Å². The van der Waals surface area contributed by atoms with Crippen molar-refractivity contribution in [1.82, 2.24) is 0 Å². The summed E-state index contributed by atoms with van der Waals surface area (Å²) in [4.78, 5) is 29.1. The minimum atomic E-state index is -0.662. The van der Waals surface area contributed by atoms with Crippen molar-refractivity contribution in [3.63, 3.8) is 0 Å². The van der Waals surface area contributed by atoms with E-state index < -0.39 is 18.1 Å². The van der Waals surface area contributed by atoms with Gasteiger partial charge in [-0.2, -0.15) is 0 Å². The van der Waals surface area contributed by atoms with Crippen LogP contribution in [-0.2, 0) is 19.1 Å². The zero-order chi connectivity index (χ0) is 32.2. The molecule has 2 aromatic rings. The highest BCUT2D eigenvalue weighted by atomic mass is 16.5. The second-order valence-electron chi connectivity index (χ2n) is 11.0. The summed E-state index contributed by atoms with van der Waals surface area (Å²) in [5, 5.41) is 0. The van der Waals surface area contributed by atoms with Crippen LogP contribution in [0, 0.1) is 0 Å². The number of rotatable bonds is 22. The van der Waals surface area contributed by atoms with Crippen LogP contribution in [0.3, 0.4) is 0 Å². The summed E-state index contributed by atoms with van der Waals surface area (Å²) >= 11 is 0. The number of carbonyl (C=O) groups excluding carboxylic acids is 2. The molecule has 0 saturated carbocycles. The van der Waals surface area contributed by atoms with E-state index in [4.69, 9.17) is 26.7 Å². The highest BCUT2D eigenvalue weighted by Gasteiger charge is 2.17. The van der Waals surface area contributed by atoms with Crippen LogP contribution in [0.1, 0.15) is 76.8 Å². The highest BCUT2D eigenvalue weighted by molar-refractivity contribution is 5.76. The largest absolute Gasteiger partial charge is 0.463 e. The van der Waals surface area contributed by atoms with Gasteiger partial charge in [0.15, 0.2) is 0 Å². The summed E-state index contributed by atoms with van der Waals surface area (Å²) in [7, 11) is 0. The molecule has 0 radical (unpaired) electrons. The summed E-state index contributed by atoms with van der Waals surface area (Å²) in [6.07, 6.45) is 9.96. The third kappa shape index (κ3) is 13.5. The fraction of sp³-hybridized carbons (Fsp3) is 0.543. The summed E-state index contributed by atoms with van der Waals surface area (Å²) in [5.41, 5.74) is 21.9. The number of unbranched alkanes of at least 4 members (excludes halogenated alkanes) is 3. The molecule has 0 amide bonds. The van der Waals surface area contributed by atoms with Gasteiger partial charge in [-0.15, -0.1) is 0 Å². The first-order valence-electron chi connectivity index (χ1n) is 16.2. The van der Waals surface area contributed by atoms with Gasteiger partial charge in [-0.05, 0) is 75.0 Å². The lowest BCUT2D eigenvalue weighted by molar-refractivity contribution is -0.145. The molecule has 0 aliphatic carbocycles. The molecule has 0 aromatic heterocycles. The maximum absolute atomic E-state index is 12.4. The second-order valence-corrected chi connectivity index (χ2v) is 11.0. The Kier molecular flexibility index (Phi) is 17.8. The number of esters is 2. The molecule has 0 fully saturated rings. The van der Waals surface area contributed by atoms with Crippen LogP contribution in [0.15, 0.2) is 48.5 Å². The number of benzene rings is 2. The van der Waals surface area contributed by atoms with E-state index in [0.717, 1.165) is 62.0 Å². The maximum Gasteiger partial charge on any atom is 0.322 e. The molecule has 0 heterocycles. The molecule has 2 aromatic carbocycles. The molecule has 0 spiro atoms. The zero-order valence-electron chi connectivity index (χ0n) is 27.1. The molecular formula is C35H55N5O4. The van der Waals surface area contributed by atoms with Crippen molar-refractivity contribution >= 4 is 35.5 Å². The number of nitrogens with zero attached hydrogens (tertiary/aromatic N) is 2. The van der Waals surface area contributed by atoms with Crippen LogP contribution in [0.25, 0.3) is 12.2 Å². The van der Waals surface area contributed by atoms with Gasteiger partial charge in [0.1, 0.15) is 25.3 Å². The van der Waals surface area contributed by atoms with Gasteiger partial charge in [0.2, 0.25) is 0 Å². The second kappa shape index (κ2) is 21.3. The number of hydrogen-bond acceptors (Lipinski definition) is 9. The highest BCUT2D eigenvalue weighted by Crippen LogP contribution is 2.19. The average Bonchev–Trinajstić information content (AvgIpc) is 3.04. The Morgan fingerprint density at radius 1 is 0.682 bits per heavy atom.